The first-order valence-electron chi connectivity index (χ1n) is 5.54. The van der Waals surface area contributed by atoms with Crippen LogP contribution in [0.4, 0.5) is 5.82 Å². The van der Waals surface area contributed by atoms with Gasteiger partial charge < -0.3 is 10.4 Å². The van der Waals surface area contributed by atoms with Crippen LogP contribution in [0.5, 0.6) is 0 Å². The Balaban J connectivity index is 2.97. The van der Waals surface area contributed by atoms with Gasteiger partial charge >= 0.3 is 5.97 Å². The molecule has 0 aliphatic carbocycles. The second-order valence-corrected chi connectivity index (χ2v) is 5.03. The van der Waals surface area contributed by atoms with Gasteiger partial charge in [0, 0.05) is 18.4 Å². The van der Waals surface area contributed by atoms with E-state index in [1.165, 1.54) is 12.4 Å². The van der Waals surface area contributed by atoms with E-state index in [9.17, 15) is 4.79 Å². The van der Waals surface area contributed by atoms with E-state index in [-0.39, 0.29) is 23.6 Å². The van der Waals surface area contributed by atoms with Gasteiger partial charge in [0.25, 0.3) is 0 Å². The molecule has 0 radical (unpaired) electrons. The predicted octanol–water partition coefficient (Wildman–Crippen LogP) is 1.65. The van der Waals surface area contributed by atoms with E-state index in [1.807, 2.05) is 26.8 Å². The number of carbonyl (C=O) groups is 1. The molecule has 0 aliphatic heterocycles. The molecule has 0 fully saturated rings. The fraction of sp³-hybridized carbons (Fsp3) is 0.500. The number of hydrogen-bond acceptors (Lipinski definition) is 5. The van der Waals surface area contributed by atoms with Crippen LogP contribution in [0.15, 0.2) is 12.4 Å². The number of nitriles is 1. The van der Waals surface area contributed by atoms with Gasteiger partial charge in [-0.15, -0.1) is 0 Å². The van der Waals surface area contributed by atoms with Crippen LogP contribution in [0.3, 0.4) is 0 Å². The fourth-order valence-corrected chi connectivity index (χ4v) is 1.44. The average molecular weight is 248 g/mol. The van der Waals surface area contributed by atoms with Crippen molar-refractivity contribution in [1.82, 2.24) is 9.97 Å². The van der Waals surface area contributed by atoms with Crippen molar-refractivity contribution in [3.63, 3.8) is 0 Å². The summed E-state index contributed by atoms with van der Waals surface area (Å²) in [7, 11) is 0. The second kappa shape index (κ2) is 5.45. The minimum absolute atomic E-state index is 0.0507. The van der Waals surface area contributed by atoms with Crippen molar-refractivity contribution < 1.29 is 9.90 Å². The zero-order valence-electron chi connectivity index (χ0n) is 10.6. The van der Waals surface area contributed by atoms with Crippen molar-refractivity contribution >= 4 is 11.8 Å². The van der Waals surface area contributed by atoms with Crippen molar-refractivity contribution in [1.29, 1.82) is 5.26 Å². The van der Waals surface area contributed by atoms with Crippen molar-refractivity contribution in [2.24, 2.45) is 5.41 Å². The van der Waals surface area contributed by atoms with Crippen molar-refractivity contribution in [2.75, 3.05) is 5.32 Å². The maximum absolute atomic E-state index is 10.9. The molecule has 0 saturated carbocycles. The SMILES string of the molecule is CC(C)(C)C(CC(=O)O)Nc1nccnc1C#N. The van der Waals surface area contributed by atoms with Crippen molar-refractivity contribution in [2.45, 2.75) is 33.2 Å². The minimum Gasteiger partial charge on any atom is -0.481 e. The molecule has 1 heterocycles. The number of carboxylic acid groups (broad SMARTS) is 1. The Kier molecular flexibility index (Phi) is 4.21. The summed E-state index contributed by atoms with van der Waals surface area (Å²) in [5.41, 5.74) is -0.111. The first kappa shape index (κ1) is 13.9. The molecule has 0 amide bonds. The number of aromatic nitrogens is 2. The molecular formula is C12H16N4O2. The lowest BCUT2D eigenvalue weighted by atomic mass is 9.84. The standard InChI is InChI=1S/C12H16N4O2/c1-12(2,3)9(6-10(17)18)16-11-8(7-13)14-4-5-15-11/h4-5,9H,6H2,1-3H3,(H,15,16)(H,17,18). The highest BCUT2D eigenvalue weighted by atomic mass is 16.4. The summed E-state index contributed by atoms with van der Waals surface area (Å²) in [5, 5.41) is 20.8. The summed E-state index contributed by atoms with van der Waals surface area (Å²) in [6, 6.07) is 1.59. The summed E-state index contributed by atoms with van der Waals surface area (Å²) >= 11 is 0. The third-order valence-electron chi connectivity index (χ3n) is 2.54. The van der Waals surface area contributed by atoms with Gasteiger partial charge in [0.15, 0.2) is 11.5 Å². The zero-order valence-corrected chi connectivity index (χ0v) is 10.6. The summed E-state index contributed by atoms with van der Waals surface area (Å²) in [6.45, 7) is 5.78. The molecule has 2 N–H and O–H groups in total. The Morgan fingerprint density at radius 2 is 2.11 bits per heavy atom. The van der Waals surface area contributed by atoms with Gasteiger partial charge in [0.2, 0.25) is 0 Å². The van der Waals surface area contributed by atoms with Gasteiger partial charge in [-0.1, -0.05) is 20.8 Å². The summed E-state index contributed by atoms with van der Waals surface area (Å²) in [4.78, 5) is 18.8. The minimum atomic E-state index is -0.898. The second-order valence-electron chi connectivity index (χ2n) is 5.03. The fourth-order valence-electron chi connectivity index (χ4n) is 1.44. The Hall–Kier alpha value is -2.16. The van der Waals surface area contributed by atoms with Gasteiger partial charge in [-0.2, -0.15) is 5.26 Å². The molecule has 1 aromatic rings. The third-order valence-corrected chi connectivity index (χ3v) is 2.54. The monoisotopic (exact) mass is 248 g/mol. The van der Waals surface area contributed by atoms with E-state index in [4.69, 9.17) is 10.4 Å². The van der Waals surface area contributed by atoms with Crippen LogP contribution < -0.4 is 5.32 Å². The van der Waals surface area contributed by atoms with Gasteiger partial charge in [0.05, 0.1) is 6.42 Å². The quantitative estimate of drug-likeness (QED) is 0.840. The van der Waals surface area contributed by atoms with E-state index < -0.39 is 5.97 Å². The van der Waals surface area contributed by atoms with Gasteiger partial charge in [-0.05, 0) is 5.41 Å². The molecule has 0 aromatic carbocycles. The van der Waals surface area contributed by atoms with E-state index in [0.29, 0.717) is 5.82 Å². The van der Waals surface area contributed by atoms with E-state index in [0.717, 1.165) is 0 Å². The molecule has 1 atom stereocenters. The molecule has 0 bridgehead atoms. The lowest BCUT2D eigenvalue weighted by molar-refractivity contribution is -0.137. The van der Waals surface area contributed by atoms with E-state index in [1.54, 1.807) is 0 Å². The average Bonchev–Trinajstić information content (AvgIpc) is 2.27. The van der Waals surface area contributed by atoms with Gasteiger partial charge in [0.1, 0.15) is 6.07 Å². The van der Waals surface area contributed by atoms with Crippen LogP contribution >= 0.6 is 0 Å². The molecule has 0 aliphatic rings. The van der Waals surface area contributed by atoms with Crippen LogP contribution in [0.2, 0.25) is 0 Å². The Bertz CT molecular complexity index is 474. The molecular weight excluding hydrogens is 232 g/mol. The zero-order chi connectivity index (χ0) is 13.8. The van der Waals surface area contributed by atoms with Crippen LogP contribution in [-0.2, 0) is 4.79 Å². The highest BCUT2D eigenvalue weighted by molar-refractivity contribution is 5.68. The number of aliphatic carboxylic acids is 1. The number of hydrogen-bond donors (Lipinski definition) is 2. The first-order valence-corrected chi connectivity index (χ1v) is 5.54. The lowest BCUT2D eigenvalue weighted by Crippen LogP contribution is -2.36. The Morgan fingerprint density at radius 1 is 1.50 bits per heavy atom. The summed E-state index contributed by atoms with van der Waals surface area (Å²) in [6.07, 6.45) is 2.83. The topological polar surface area (TPSA) is 98.9 Å². The van der Waals surface area contributed by atoms with Crippen LogP contribution in [0.1, 0.15) is 32.9 Å². The van der Waals surface area contributed by atoms with Gasteiger partial charge in [-0.3, -0.25) is 4.79 Å². The number of nitrogens with one attached hydrogen (secondary N) is 1. The first-order chi connectivity index (χ1) is 8.34. The number of carboxylic acids is 1. The number of rotatable bonds is 4. The molecule has 6 heteroatoms. The van der Waals surface area contributed by atoms with Crippen molar-refractivity contribution in [3.05, 3.63) is 18.1 Å². The largest absolute Gasteiger partial charge is 0.481 e. The normalized spacial score (nSPS) is 12.6. The highest BCUT2D eigenvalue weighted by Gasteiger charge is 2.28. The molecule has 1 unspecified atom stereocenters. The Labute approximate surface area is 106 Å². The van der Waals surface area contributed by atoms with Crippen LogP contribution in [-0.4, -0.2) is 27.1 Å². The third kappa shape index (κ3) is 3.70. The molecule has 0 saturated heterocycles. The maximum atomic E-state index is 10.9. The van der Waals surface area contributed by atoms with E-state index in [2.05, 4.69) is 15.3 Å². The Morgan fingerprint density at radius 3 is 2.61 bits per heavy atom. The lowest BCUT2D eigenvalue weighted by Gasteiger charge is -2.30. The summed E-state index contributed by atoms with van der Waals surface area (Å²) < 4.78 is 0. The number of nitrogens with zero attached hydrogens (tertiary/aromatic N) is 3. The molecule has 0 spiro atoms. The van der Waals surface area contributed by atoms with E-state index >= 15 is 0 Å². The summed E-state index contributed by atoms with van der Waals surface area (Å²) in [5.74, 6) is -0.578. The molecule has 18 heavy (non-hydrogen) atoms. The number of anilines is 1. The molecule has 1 aromatic heterocycles. The maximum Gasteiger partial charge on any atom is 0.305 e. The van der Waals surface area contributed by atoms with Crippen LogP contribution in [0.25, 0.3) is 0 Å². The molecule has 1 rings (SSSR count). The smallest absolute Gasteiger partial charge is 0.305 e. The van der Waals surface area contributed by atoms with Crippen LogP contribution in [0, 0.1) is 16.7 Å². The predicted molar refractivity (Wildman–Crippen MR) is 65.9 cm³/mol. The molecule has 6 nitrogen and oxygen atoms in total. The van der Waals surface area contributed by atoms with Gasteiger partial charge in [-0.25, -0.2) is 9.97 Å². The highest BCUT2D eigenvalue weighted by Crippen LogP contribution is 2.25. The van der Waals surface area contributed by atoms with Crippen molar-refractivity contribution in [3.8, 4) is 6.07 Å². The molecule has 96 valence electrons.